The normalized spacial score (nSPS) is 12.8. The topological polar surface area (TPSA) is 58.1 Å². The van der Waals surface area contributed by atoms with E-state index in [4.69, 9.17) is 6.42 Å². The van der Waals surface area contributed by atoms with Gasteiger partial charge in [0.1, 0.15) is 5.82 Å². The van der Waals surface area contributed by atoms with Gasteiger partial charge in [-0.15, -0.1) is 29.1 Å². The van der Waals surface area contributed by atoms with Crippen LogP contribution in [-0.2, 0) is 13.1 Å². The SMILES string of the molecule is C#Cc1nc(NC(=O)N2Cc3ccc(-c4cccc5ncsc45)cc3C2)cs1. The average molecular weight is 403 g/mol. The van der Waals surface area contributed by atoms with Crippen molar-refractivity contribution < 1.29 is 4.79 Å². The van der Waals surface area contributed by atoms with Gasteiger partial charge in [0.05, 0.1) is 15.7 Å². The Morgan fingerprint density at radius 1 is 1.18 bits per heavy atom. The molecule has 5 rings (SSSR count). The number of carbonyl (C=O) groups excluding carboxylic acids is 1. The fraction of sp³-hybridized carbons (Fsp3) is 0.0952. The minimum absolute atomic E-state index is 0.170. The summed E-state index contributed by atoms with van der Waals surface area (Å²) in [7, 11) is 0. The molecule has 1 aliphatic heterocycles. The predicted molar refractivity (Wildman–Crippen MR) is 113 cm³/mol. The molecule has 0 spiro atoms. The summed E-state index contributed by atoms with van der Waals surface area (Å²) in [6.45, 7) is 1.15. The number of terminal acetylenes is 1. The molecule has 1 aliphatic rings. The van der Waals surface area contributed by atoms with Gasteiger partial charge in [-0.3, -0.25) is 5.32 Å². The lowest BCUT2D eigenvalue weighted by molar-refractivity contribution is 0.212. The van der Waals surface area contributed by atoms with Gasteiger partial charge in [0.25, 0.3) is 0 Å². The van der Waals surface area contributed by atoms with Gasteiger partial charge >= 0.3 is 6.03 Å². The summed E-state index contributed by atoms with van der Waals surface area (Å²) in [4.78, 5) is 23.0. The second-order valence-electron chi connectivity index (χ2n) is 6.46. The minimum Gasteiger partial charge on any atom is -0.316 e. The van der Waals surface area contributed by atoms with Crippen LogP contribution in [0.15, 0.2) is 47.3 Å². The van der Waals surface area contributed by atoms with Crippen molar-refractivity contribution >= 4 is 44.7 Å². The number of nitrogens with one attached hydrogen (secondary N) is 1. The average Bonchev–Trinajstić information content (AvgIpc) is 3.45. The Labute approximate surface area is 169 Å². The molecule has 2 aromatic heterocycles. The highest BCUT2D eigenvalue weighted by atomic mass is 32.1. The van der Waals surface area contributed by atoms with Gasteiger partial charge in [0.15, 0.2) is 5.01 Å². The molecule has 0 fully saturated rings. The van der Waals surface area contributed by atoms with Crippen LogP contribution in [0.3, 0.4) is 0 Å². The summed E-state index contributed by atoms with van der Waals surface area (Å²) in [5, 5.41) is 5.14. The van der Waals surface area contributed by atoms with Crippen molar-refractivity contribution in [1.82, 2.24) is 14.9 Å². The Morgan fingerprint density at radius 3 is 2.93 bits per heavy atom. The Kier molecular flexibility index (Phi) is 4.08. The number of hydrogen-bond acceptors (Lipinski definition) is 5. The summed E-state index contributed by atoms with van der Waals surface area (Å²) >= 11 is 2.98. The number of aromatic nitrogens is 2. The van der Waals surface area contributed by atoms with Crippen LogP contribution in [-0.4, -0.2) is 20.9 Å². The Bertz CT molecular complexity index is 1250. The molecule has 0 unspecified atom stereocenters. The molecule has 0 atom stereocenters. The van der Waals surface area contributed by atoms with E-state index in [0.717, 1.165) is 22.2 Å². The summed E-state index contributed by atoms with van der Waals surface area (Å²) in [6.07, 6.45) is 5.34. The highest BCUT2D eigenvalue weighted by Gasteiger charge is 2.24. The molecule has 136 valence electrons. The molecule has 1 N–H and O–H groups in total. The van der Waals surface area contributed by atoms with Gasteiger partial charge in [-0.1, -0.05) is 24.3 Å². The van der Waals surface area contributed by atoms with Crippen LogP contribution in [0.1, 0.15) is 16.1 Å². The molecule has 0 saturated carbocycles. The van der Waals surface area contributed by atoms with Crippen LogP contribution in [0.25, 0.3) is 21.3 Å². The third-order valence-corrected chi connectivity index (χ3v) is 6.40. The van der Waals surface area contributed by atoms with Crippen molar-refractivity contribution in [2.24, 2.45) is 0 Å². The van der Waals surface area contributed by atoms with Gasteiger partial charge in [-0.05, 0) is 34.7 Å². The first kappa shape index (κ1) is 16.9. The molecule has 4 aromatic rings. The molecule has 5 nitrogen and oxygen atoms in total. The maximum absolute atomic E-state index is 12.6. The monoisotopic (exact) mass is 402 g/mol. The molecule has 0 saturated heterocycles. The van der Waals surface area contributed by atoms with Gasteiger partial charge in [-0.2, -0.15) is 0 Å². The Hall–Kier alpha value is -3.21. The van der Waals surface area contributed by atoms with E-state index in [1.165, 1.54) is 21.6 Å². The van der Waals surface area contributed by atoms with Crippen LogP contribution in [0.2, 0.25) is 0 Å². The van der Waals surface area contributed by atoms with Crippen molar-refractivity contribution in [1.29, 1.82) is 0 Å². The van der Waals surface area contributed by atoms with Gasteiger partial charge in [0, 0.05) is 24.0 Å². The van der Waals surface area contributed by atoms with E-state index in [1.807, 2.05) is 17.6 Å². The van der Waals surface area contributed by atoms with Crippen molar-refractivity contribution in [2.45, 2.75) is 13.1 Å². The van der Waals surface area contributed by atoms with Crippen LogP contribution >= 0.6 is 22.7 Å². The van der Waals surface area contributed by atoms with Crippen molar-refractivity contribution in [2.75, 3.05) is 5.32 Å². The van der Waals surface area contributed by atoms with E-state index in [-0.39, 0.29) is 6.03 Å². The van der Waals surface area contributed by atoms with E-state index < -0.39 is 0 Å². The first-order valence-corrected chi connectivity index (χ1v) is 10.4. The van der Waals surface area contributed by atoms with Gasteiger partial charge < -0.3 is 4.90 Å². The largest absolute Gasteiger partial charge is 0.323 e. The van der Waals surface area contributed by atoms with Gasteiger partial charge in [-0.25, -0.2) is 14.8 Å². The van der Waals surface area contributed by atoms with Crippen LogP contribution in [0.5, 0.6) is 0 Å². The number of amides is 2. The molecular formula is C21H14N4OS2. The minimum atomic E-state index is -0.170. The van der Waals surface area contributed by atoms with Crippen LogP contribution in [0, 0.1) is 12.3 Å². The highest BCUT2D eigenvalue weighted by Crippen LogP contribution is 2.34. The number of anilines is 1. The standard InChI is InChI=1S/C21H14N4OS2/c1-2-19-23-18(11-27-19)24-21(26)25-9-14-7-6-13(8-15(14)10-25)16-4-3-5-17-20(16)28-12-22-17/h1,3-8,11-12H,9-10H2,(H,24,26). The maximum atomic E-state index is 12.6. The quantitative estimate of drug-likeness (QED) is 0.483. The van der Waals surface area contributed by atoms with Crippen molar-refractivity contribution in [3.8, 4) is 23.5 Å². The molecule has 0 radical (unpaired) electrons. The number of nitrogens with zero attached hydrogens (tertiary/aromatic N) is 3. The summed E-state index contributed by atoms with van der Waals surface area (Å²) in [5.74, 6) is 2.97. The number of urea groups is 1. The second-order valence-corrected chi connectivity index (χ2v) is 8.17. The zero-order valence-corrected chi connectivity index (χ0v) is 16.3. The molecule has 7 heteroatoms. The Morgan fingerprint density at radius 2 is 2.07 bits per heavy atom. The molecule has 2 aromatic carbocycles. The summed E-state index contributed by atoms with van der Waals surface area (Å²) < 4.78 is 1.18. The summed E-state index contributed by atoms with van der Waals surface area (Å²) in [6, 6.07) is 12.4. The molecule has 0 aliphatic carbocycles. The lowest BCUT2D eigenvalue weighted by atomic mass is 10.0. The zero-order valence-electron chi connectivity index (χ0n) is 14.7. The fourth-order valence-corrected chi connectivity index (χ4v) is 4.79. The third-order valence-electron chi connectivity index (χ3n) is 4.75. The third kappa shape index (κ3) is 2.93. The number of benzene rings is 2. The van der Waals surface area contributed by atoms with E-state index in [9.17, 15) is 4.79 Å². The van der Waals surface area contributed by atoms with Crippen LogP contribution < -0.4 is 5.32 Å². The molecular weight excluding hydrogens is 388 g/mol. The number of thiazole rings is 2. The lowest BCUT2D eigenvalue weighted by Gasteiger charge is -2.15. The smallest absolute Gasteiger partial charge is 0.316 e. The van der Waals surface area contributed by atoms with E-state index >= 15 is 0 Å². The number of rotatable bonds is 2. The van der Waals surface area contributed by atoms with E-state index in [0.29, 0.717) is 23.9 Å². The Balaban J connectivity index is 1.38. The number of fused-ring (bicyclic) bond motifs is 2. The lowest BCUT2D eigenvalue weighted by Crippen LogP contribution is -2.30. The van der Waals surface area contributed by atoms with E-state index in [2.05, 4.69) is 45.5 Å². The van der Waals surface area contributed by atoms with Crippen molar-refractivity contribution in [3.05, 3.63) is 63.4 Å². The fourth-order valence-electron chi connectivity index (χ4n) is 3.41. The number of hydrogen-bond donors (Lipinski definition) is 1. The summed E-state index contributed by atoms with van der Waals surface area (Å²) in [5.41, 5.74) is 7.54. The van der Waals surface area contributed by atoms with Crippen molar-refractivity contribution in [3.63, 3.8) is 0 Å². The molecule has 3 heterocycles. The first-order valence-electron chi connectivity index (χ1n) is 8.64. The number of carbonyl (C=O) groups is 1. The van der Waals surface area contributed by atoms with Gasteiger partial charge in [0.2, 0.25) is 0 Å². The highest BCUT2D eigenvalue weighted by molar-refractivity contribution is 7.17. The maximum Gasteiger partial charge on any atom is 0.323 e. The molecule has 0 bridgehead atoms. The van der Waals surface area contributed by atoms with E-state index in [1.54, 1.807) is 21.6 Å². The first-order chi connectivity index (χ1) is 13.7. The predicted octanol–water partition coefficient (Wildman–Crippen LogP) is 4.95. The zero-order chi connectivity index (χ0) is 19.1. The van der Waals surface area contributed by atoms with Crippen LogP contribution in [0.4, 0.5) is 10.6 Å². The molecule has 28 heavy (non-hydrogen) atoms. The molecule has 2 amide bonds. The second kappa shape index (κ2) is 6.75.